The van der Waals surface area contributed by atoms with Crippen LogP contribution in [0.5, 0.6) is 0 Å². The summed E-state index contributed by atoms with van der Waals surface area (Å²) in [7, 11) is -10.9. The Morgan fingerprint density at radius 1 is 1.20 bits per heavy atom. The first kappa shape index (κ1) is 18.1. The predicted octanol–water partition coefficient (Wildman–Crippen LogP) is -2.99. The van der Waals surface area contributed by atoms with Crippen molar-refractivity contribution < 1.29 is 57.8 Å². The van der Waals surface area contributed by atoms with E-state index in [-0.39, 0.29) is 0 Å². The van der Waals surface area contributed by atoms with E-state index < -0.39 is 53.0 Å². The van der Waals surface area contributed by atoms with Crippen LogP contribution < -0.4 is 0 Å². The minimum Gasteiger partial charge on any atom is -0.391 e. The first-order valence-corrected chi connectivity index (χ1v) is 8.04. The highest BCUT2D eigenvalue weighted by molar-refractivity contribution is 7.60. The van der Waals surface area contributed by atoms with Gasteiger partial charge in [-0.05, 0) is 0 Å². The van der Waals surface area contributed by atoms with Crippen LogP contribution in [0, 0.1) is 0 Å². The summed E-state index contributed by atoms with van der Waals surface area (Å²) >= 11 is 0. The molecule has 0 bridgehead atoms. The van der Waals surface area contributed by atoms with E-state index in [1.807, 2.05) is 0 Å². The molecule has 1 aliphatic rings. The summed E-state index contributed by atoms with van der Waals surface area (Å²) < 4.78 is 34.2. The predicted molar refractivity (Wildman–Crippen MR) is 57.8 cm³/mol. The lowest BCUT2D eigenvalue weighted by molar-refractivity contribution is -0.322. The number of hydrogen-bond acceptors (Lipinski definition) is 9. The van der Waals surface area contributed by atoms with Crippen LogP contribution in [-0.2, 0) is 22.7 Å². The average Bonchev–Trinajstić information content (AvgIpc) is 2.27. The van der Waals surface area contributed by atoms with Gasteiger partial charge in [0.2, 0.25) is 5.79 Å². The second-order valence-electron chi connectivity index (χ2n) is 3.92. The molecular weight excluding hydrogens is 326 g/mol. The van der Waals surface area contributed by atoms with Crippen LogP contribution in [0.3, 0.4) is 0 Å². The monoisotopic (exact) mass is 340 g/mol. The van der Waals surface area contributed by atoms with Gasteiger partial charge in [-0.3, -0.25) is 0 Å². The van der Waals surface area contributed by atoms with Gasteiger partial charge < -0.3 is 39.8 Å². The van der Waals surface area contributed by atoms with E-state index in [1.165, 1.54) is 0 Å². The molecule has 12 nitrogen and oxygen atoms in total. The Morgan fingerprint density at radius 3 is 2.20 bits per heavy atom. The first-order chi connectivity index (χ1) is 8.92. The Kier molecular flexibility index (Phi) is 5.48. The van der Waals surface area contributed by atoms with Crippen molar-refractivity contribution in [2.75, 3.05) is 13.2 Å². The standard InChI is InChI=1S/C6H14O12P2/c7-2-6(5(10)4(9)3(8)1-16-6)17-20(14,15)18-19(11,12)13/h3-5,7-10H,1-2H2,(H,14,15)(H2,11,12,13)/t3-,4+,5-,6-/m1/s1. The van der Waals surface area contributed by atoms with Crippen LogP contribution in [-0.4, -0.2) is 72.4 Å². The zero-order chi connectivity index (χ0) is 15.8. The molecule has 1 saturated heterocycles. The summed E-state index contributed by atoms with van der Waals surface area (Å²) in [6.07, 6.45) is -5.64. The van der Waals surface area contributed by atoms with Crippen molar-refractivity contribution in [1.29, 1.82) is 0 Å². The van der Waals surface area contributed by atoms with E-state index in [0.29, 0.717) is 0 Å². The lowest BCUT2D eigenvalue weighted by atomic mass is 9.98. The molecule has 0 radical (unpaired) electrons. The van der Waals surface area contributed by atoms with Crippen molar-refractivity contribution in [3.63, 3.8) is 0 Å². The molecule has 14 heteroatoms. The number of hydrogen-bond donors (Lipinski definition) is 7. The topological polar surface area (TPSA) is 203 Å². The van der Waals surface area contributed by atoms with Crippen LogP contribution in [0.2, 0.25) is 0 Å². The minimum absolute atomic E-state index is 0.686. The van der Waals surface area contributed by atoms with Crippen molar-refractivity contribution >= 4 is 15.6 Å². The van der Waals surface area contributed by atoms with Gasteiger partial charge in [-0.1, -0.05) is 0 Å². The third kappa shape index (κ3) is 4.28. The molecule has 0 aromatic heterocycles. The summed E-state index contributed by atoms with van der Waals surface area (Å²) in [6, 6.07) is 0. The highest BCUT2D eigenvalue weighted by Gasteiger charge is 2.55. The van der Waals surface area contributed by atoms with E-state index >= 15 is 0 Å². The van der Waals surface area contributed by atoms with E-state index in [4.69, 9.17) is 19.8 Å². The molecular formula is C6H14O12P2. The number of aliphatic hydroxyl groups excluding tert-OH is 4. The quantitative estimate of drug-likeness (QED) is 0.250. The van der Waals surface area contributed by atoms with Gasteiger partial charge in [0, 0.05) is 0 Å². The van der Waals surface area contributed by atoms with Gasteiger partial charge in [0.25, 0.3) is 0 Å². The van der Waals surface area contributed by atoms with E-state index in [9.17, 15) is 24.4 Å². The van der Waals surface area contributed by atoms with Gasteiger partial charge >= 0.3 is 15.6 Å². The molecule has 0 aromatic carbocycles. The van der Waals surface area contributed by atoms with Crippen molar-refractivity contribution in [2.45, 2.75) is 24.1 Å². The van der Waals surface area contributed by atoms with Gasteiger partial charge in [0.1, 0.15) is 24.9 Å². The van der Waals surface area contributed by atoms with Crippen LogP contribution in [0.25, 0.3) is 0 Å². The van der Waals surface area contributed by atoms with Crippen LogP contribution in [0.4, 0.5) is 0 Å². The minimum atomic E-state index is -5.45. The molecule has 20 heavy (non-hydrogen) atoms. The molecule has 0 saturated carbocycles. The Morgan fingerprint density at radius 2 is 1.75 bits per heavy atom. The van der Waals surface area contributed by atoms with Gasteiger partial charge in [-0.2, -0.15) is 4.31 Å². The zero-order valence-corrected chi connectivity index (χ0v) is 11.5. The van der Waals surface area contributed by atoms with E-state index in [0.717, 1.165) is 0 Å². The maximum absolute atomic E-state index is 11.4. The molecule has 1 unspecified atom stereocenters. The van der Waals surface area contributed by atoms with E-state index in [1.54, 1.807) is 0 Å². The van der Waals surface area contributed by atoms with Crippen LogP contribution in [0.1, 0.15) is 0 Å². The summed E-state index contributed by atoms with van der Waals surface area (Å²) in [5.41, 5.74) is 0. The molecule has 7 N–H and O–H groups in total. The number of aliphatic hydroxyl groups is 4. The molecule has 1 aliphatic heterocycles. The Balaban J connectivity index is 2.96. The third-order valence-corrected chi connectivity index (χ3v) is 4.58. The highest BCUT2D eigenvalue weighted by atomic mass is 31.3. The zero-order valence-electron chi connectivity index (χ0n) is 9.71. The summed E-state index contributed by atoms with van der Waals surface area (Å²) in [4.78, 5) is 26.0. The summed E-state index contributed by atoms with van der Waals surface area (Å²) in [5.74, 6) is -2.70. The lowest BCUT2D eigenvalue weighted by Crippen LogP contribution is -2.63. The maximum atomic E-state index is 11.4. The maximum Gasteiger partial charge on any atom is 0.483 e. The molecule has 0 aromatic rings. The fraction of sp³-hybridized carbons (Fsp3) is 1.00. The SMILES string of the molecule is O=P(O)(O)OP(=O)(O)O[C@@]1(CO)OC[C@@H](O)[C@H](O)[C@H]1O. The number of ether oxygens (including phenoxy) is 1. The van der Waals surface area contributed by atoms with Gasteiger partial charge in [0.15, 0.2) is 0 Å². The van der Waals surface area contributed by atoms with Gasteiger partial charge in [-0.15, -0.1) is 0 Å². The Labute approximate surface area is 112 Å². The van der Waals surface area contributed by atoms with Gasteiger partial charge in [-0.25, -0.2) is 13.7 Å². The lowest BCUT2D eigenvalue weighted by Gasteiger charge is -2.43. The highest BCUT2D eigenvalue weighted by Crippen LogP contribution is 2.60. The van der Waals surface area contributed by atoms with Crippen LogP contribution in [0.15, 0.2) is 0 Å². The van der Waals surface area contributed by atoms with Crippen LogP contribution >= 0.6 is 15.6 Å². The molecule has 1 fully saturated rings. The van der Waals surface area contributed by atoms with Crippen molar-refractivity contribution in [1.82, 2.24) is 0 Å². The summed E-state index contributed by atoms with van der Waals surface area (Å²) in [6.45, 7) is -1.96. The van der Waals surface area contributed by atoms with E-state index in [2.05, 4.69) is 13.6 Å². The molecule has 1 rings (SSSR count). The molecule has 120 valence electrons. The molecule has 5 atom stereocenters. The smallest absolute Gasteiger partial charge is 0.391 e. The molecule has 0 amide bonds. The molecule has 0 spiro atoms. The van der Waals surface area contributed by atoms with Crippen molar-refractivity contribution in [3.8, 4) is 0 Å². The third-order valence-electron chi connectivity index (χ3n) is 2.37. The van der Waals surface area contributed by atoms with Gasteiger partial charge in [0.05, 0.1) is 6.61 Å². The fourth-order valence-corrected chi connectivity index (χ4v) is 3.29. The number of phosphoric acid groups is 2. The summed E-state index contributed by atoms with van der Waals surface area (Å²) in [5, 5.41) is 37.3. The average molecular weight is 340 g/mol. The Hall–Kier alpha value is 0.0600. The second-order valence-corrected chi connectivity index (χ2v) is 6.67. The Bertz CT molecular complexity index is 434. The first-order valence-electron chi connectivity index (χ1n) is 5.02. The number of rotatable bonds is 5. The fourth-order valence-electron chi connectivity index (χ4n) is 1.48. The van der Waals surface area contributed by atoms with Crippen molar-refractivity contribution in [2.24, 2.45) is 0 Å². The number of phosphoric ester groups is 1. The molecule has 1 heterocycles. The molecule has 0 aliphatic carbocycles. The second kappa shape index (κ2) is 6.05. The normalized spacial score (nSPS) is 38.5. The largest absolute Gasteiger partial charge is 0.483 e. The van der Waals surface area contributed by atoms with Crippen molar-refractivity contribution in [3.05, 3.63) is 0 Å².